The van der Waals surface area contributed by atoms with Gasteiger partial charge in [0, 0.05) is 28.6 Å². The summed E-state index contributed by atoms with van der Waals surface area (Å²) in [4.78, 5) is 11.9. The second kappa shape index (κ2) is 11.6. The molecule has 0 aromatic heterocycles. The van der Waals surface area contributed by atoms with Gasteiger partial charge in [-0.1, -0.05) is 46.1 Å². The molecule has 0 saturated heterocycles. The lowest BCUT2D eigenvalue weighted by Gasteiger charge is -2.41. The molecular formula is C28H37F2IN2O2. The lowest BCUT2D eigenvalue weighted by atomic mass is 9.74. The van der Waals surface area contributed by atoms with Crippen LogP contribution in [-0.2, 0) is 22.2 Å². The van der Waals surface area contributed by atoms with E-state index in [-0.39, 0.29) is 29.8 Å². The van der Waals surface area contributed by atoms with Gasteiger partial charge in [-0.15, -0.1) is 0 Å². The van der Waals surface area contributed by atoms with Crippen LogP contribution in [0.2, 0.25) is 0 Å². The lowest BCUT2D eigenvalue weighted by Crippen LogP contribution is -2.53. The number of nitrogens with one attached hydrogen (secondary N) is 2. The molecule has 3 N–H and O–H groups in total. The van der Waals surface area contributed by atoms with E-state index < -0.39 is 23.8 Å². The van der Waals surface area contributed by atoms with Crippen molar-refractivity contribution in [3.8, 4) is 0 Å². The van der Waals surface area contributed by atoms with Crippen molar-refractivity contribution in [2.75, 3.05) is 6.54 Å². The summed E-state index contributed by atoms with van der Waals surface area (Å²) >= 11 is 2.37. The van der Waals surface area contributed by atoms with Crippen LogP contribution in [0.5, 0.6) is 0 Å². The summed E-state index contributed by atoms with van der Waals surface area (Å²) in [5, 5.41) is 17.6. The molecule has 2 aromatic carbocycles. The van der Waals surface area contributed by atoms with E-state index in [0.717, 1.165) is 31.7 Å². The summed E-state index contributed by atoms with van der Waals surface area (Å²) in [7, 11) is 0. The Hall–Kier alpha value is -1.58. The van der Waals surface area contributed by atoms with Crippen LogP contribution in [0.15, 0.2) is 36.4 Å². The van der Waals surface area contributed by atoms with Crippen LogP contribution >= 0.6 is 22.6 Å². The number of carbonyl (C=O) groups is 1. The molecule has 1 saturated carbocycles. The maximum atomic E-state index is 13.7. The van der Waals surface area contributed by atoms with Gasteiger partial charge in [-0.3, -0.25) is 4.79 Å². The van der Waals surface area contributed by atoms with Crippen molar-refractivity contribution in [3.05, 3.63) is 68.3 Å². The molecule has 0 radical (unpaired) electrons. The number of hydrogen-bond acceptors (Lipinski definition) is 3. The third-order valence-electron chi connectivity index (χ3n) is 6.90. The van der Waals surface area contributed by atoms with Gasteiger partial charge in [-0.2, -0.15) is 0 Å². The predicted molar refractivity (Wildman–Crippen MR) is 144 cm³/mol. The summed E-state index contributed by atoms with van der Waals surface area (Å²) in [5.41, 5.74) is 2.63. The zero-order valence-electron chi connectivity index (χ0n) is 21.1. The first-order valence-electron chi connectivity index (χ1n) is 12.3. The molecular weight excluding hydrogens is 561 g/mol. The Labute approximate surface area is 221 Å². The Morgan fingerprint density at radius 2 is 1.69 bits per heavy atom. The van der Waals surface area contributed by atoms with Crippen molar-refractivity contribution < 1.29 is 18.7 Å². The van der Waals surface area contributed by atoms with E-state index >= 15 is 0 Å². The van der Waals surface area contributed by atoms with Crippen LogP contribution < -0.4 is 10.6 Å². The molecule has 192 valence electrons. The molecule has 0 heterocycles. The molecule has 3 rings (SSSR count). The zero-order valence-corrected chi connectivity index (χ0v) is 23.2. The number of hydrogen-bond donors (Lipinski definition) is 3. The second-order valence-corrected chi connectivity index (χ2v) is 12.1. The van der Waals surface area contributed by atoms with Gasteiger partial charge in [-0.05, 0) is 88.2 Å². The highest BCUT2D eigenvalue weighted by Gasteiger charge is 2.36. The fraction of sp³-hybridized carbons (Fsp3) is 0.536. The van der Waals surface area contributed by atoms with Crippen LogP contribution in [0, 0.1) is 15.2 Å². The minimum Gasteiger partial charge on any atom is -0.390 e. The van der Waals surface area contributed by atoms with Gasteiger partial charge in [0.15, 0.2) is 0 Å². The molecule has 7 heteroatoms. The molecule has 0 spiro atoms. The molecule has 0 aliphatic heterocycles. The molecule has 1 amide bonds. The third kappa shape index (κ3) is 7.70. The van der Waals surface area contributed by atoms with E-state index in [1.54, 1.807) is 0 Å². The number of aliphatic hydroxyl groups is 1. The Morgan fingerprint density at radius 1 is 1.06 bits per heavy atom. The highest BCUT2D eigenvalue weighted by molar-refractivity contribution is 14.1. The number of benzene rings is 2. The molecule has 0 bridgehead atoms. The monoisotopic (exact) mass is 598 g/mol. The number of halogens is 3. The zero-order chi connectivity index (χ0) is 25.8. The van der Waals surface area contributed by atoms with Gasteiger partial charge in [0.2, 0.25) is 5.91 Å². The summed E-state index contributed by atoms with van der Waals surface area (Å²) in [6.45, 7) is 8.25. The van der Waals surface area contributed by atoms with Crippen molar-refractivity contribution in [3.63, 3.8) is 0 Å². The molecule has 4 nitrogen and oxygen atoms in total. The van der Waals surface area contributed by atoms with Crippen LogP contribution in [0.25, 0.3) is 0 Å². The number of aliphatic hydroxyl groups excluding tert-OH is 1. The van der Waals surface area contributed by atoms with Gasteiger partial charge in [0.25, 0.3) is 0 Å². The smallest absolute Gasteiger partial charge is 0.217 e. The van der Waals surface area contributed by atoms with Crippen molar-refractivity contribution in [2.45, 2.75) is 89.3 Å². The van der Waals surface area contributed by atoms with Gasteiger partial charge in [0.1, 0.15) is 11.6 Å². The molecule has 2 aromatic rings. The van der Waals surface area contributed by atoms with E-state index in [2.05, 4.69) is 72.2 Å². The average molecular weight is 599 g/mol. The maximum Gasteiger partial charge on any atom is 0.217 e. The molecule has 1 fully saturated rings. The van der Waals surface area contributed by atoms with Crippen molar-refractivity contribution in [1.82, 2.24) is 10.6 Å². The number of amides is 1. The molecule has 2 unspecified atom stereocenters. The topological polar surface area (TPSA) is 61.4 Å². The molecule has 1 aliphatic rings. The van der Waals surface area contributed by atoms with E-state index in [1.807, 2.05) is 0 Å². The van der Waals surface area contributed by atoms with Gasteiger partial charge in [0.05, 0.1) is 12.1 Å². The fourth-order valence-corrected chi connectivity index (χ4v) is 5.66. The Kier molecular flexibility index (Phi) is 9.32. The van der Waals surface area contributed by atoms with Crippen LogP contribution in [0.1, 0.15) is 76.5 Å². The third-order valence-corrected chi connectivity index (χ3v) is 7.53. The quantitative estimate of drug-likeness (QED) is 0.341. The van der Waals surface area contributed by atoms with Crippen molar-refractivity contribution >= 4 is 28.5 Å². The van der Waals surface area contributed by atoms with Crippen LogP contribution in [0.4, 0.5) is 8.78 Å². The number of rotatable bonds is 8. The minimum absolute atomic E-state index is 0.0159. The predicted octanol–water partition coefficient (Wildman–Crippen LogP) is 5.72. The molecule has 35 heavy (non-hydrogen) atoms. The highest BCUT2D eigenvalue weighted by atomic mass is 127. The summed E-state index contributed by atoms with van der Waals surface area (Å²) in [6.07, 6.45) is 4.48. The average Bonchev–Trinajstić information content (AvgIpc) is 2.75. The first kappa shape index (κ1) is 28.0. The first-order chi connectivity index (χ1) is 16.4. The Bertz CT molecular complexity index is 1010. The summed E-state index contributed by atoms with van der Waals surface area (Å²) in [5.74, 6) is -1.65. The summed E-state index contributed by atoms with van der Waals surface area (Å²) < 4.78 is 28.6. The molecule has 2 atom stereocenters. The van der Waals surface area contributed by atoms with Gasteiger partial charge in [-0.25, -0.2) is 8.78 Å². The number of carbonyl (C=O) groups excluding carboxylic acids is 1. The largest absolute Gasteiger partial charge is 0.390 e. The first-order valence-corrected chi connectivity index (χ1v) is 13.4. The fourth-order valence-electron chi connectivity index (χ4n) is 4.99. The minimum atomic E-state index is -0.936. The standard InChI is InChI=1S/C28H37F2IN2O2/c1-18(34)33-25(12-19-10-22(29)16-23(30)11-19)26(35)17-32-28(8-6-5-7-9-28)21-13-20(27(2,3)4)14-24(31)15-21/h10-11,13-16,25-26,32,35H,5-9,12,17H2,1-4H3,(H,33,34). The molecule has 1 aliphatic carbocycles. The maximum absolute atomic E-state index is 13.7. The summed E-state index contributed by atoms with van der Waals surface area (Å²) in [6, 6.07) is 9.34. The van der Waals surface area contributed by atoms with E-state index in [9.17, 15) is 18.7 Å². The van der Waals surface area contributed by atoms with Crippen LogP contribution in [0.3, 0.4) is 0 Å². The normalized spacial score (nSPS) is 17.6. The van der Waals surface area contributed by atoms with Gasteiger partial charge >= 0.3 is 0 Å². The Balaban J connectivity index is 1.84. The highest BCUT2D eigenvalue weighted by Crippen LogP contribution is 2.39. The second-order valence-electron chi connectivity index (χ2n) is 10.9. The Morgan fingerprint density at radius 3 is 2.26 bits per heavy atom. The SMILES string of the molecule is CC(=O)NC(Cc1cc(F)cc(F)c1)C(O)CNC1(c2cc(I)cc(C(C)(C)C)c2)CCCCC1. The van der Waals surface area contributed by atoms with Gasteiger partial charge < -0.3 is 15.7 Å². The van der Waals surface area contributed by atoms with Crippen LogP contribution in [-0.4, -0.2) is 29.7 Å². The van der Waals surface area contributed by atoms with Crippen molar-refractivity contribution in [2.24, 2.45) is 0 Å². The van der Waals surface area contributed by atoms with Crippen molar-refractivity contribution in [1.29, 1.82) is 0 Å². The lowest BCUT2D eigenvalue weighted by molar-refractivity contribution is -0.120. The van der Waals surface area contributed by atoms with E-state index in [1.165, 1.54) is 40.2 Å². The van der Waals surface area contributed by atoms with E-state index in [0.29, 0.717) is 5.56 Å². The van der Waals surface area contributed by atoms with E-state index in [4.69, 9.17) is 0 Å².